The van der Waals surface area contributed by atoms with Crippen molar-refractivity contribution in [3.63, 3.8) is 0 Å². The second-order valence-corrected chi connectivity index (χ2v) is 3.06. The fourth-order valence-corrected chi connectivity index (χ4v) is 1.08. The van der Waals surface area contributed by atoms with Gasteiger partial charge in [-0.25, -0.2) is 0 Å². The lowest BCUT2D eigenvalue weighted by molar-refractivity contribution is 0.0799. The summed E-state index contributed by atoms with van der Waals surface area (Å²) in [5.41, 5.74) is 5.95. The van der Waals surface area contributed by atoms with Gasteiger partial charge in [-0.1, -0.05) is 6.07 Å². The number of amides is 1. The normalized spacial score (nSPS) is 9.86. The molecule has 0 aliphatic heterocycles. The molecule has 0 saturated carbocycles. The molecular formula is C10H14N2O2. The van der Waals surface area contributed by atoms with E-state index in [1.54, 1.807) is 25.2 Å². The Bertz CT molecular complexity index is 350. The third kappa shape index (κ3) is 1.79. The molecule has 0 spiro atoms. The van der Waals surface area contributed by atoms with Crippen LogP contribution in [0, 0.1) is 0 Å². The summed E-state index contributed by atoms with van der Waals surface area (Å²) in [5.74, 6) is -0.366. The number of nitrogens with two attached hydrogens (primary N) is 1. The number of hydrogen-bond acceptors (Lipinski definition) is 3. The molecular weight excluding hydrogens is 180 g/mol. The van der Waals surface area contributed by atoms with Crippen LogP contribution in [0.1, 0.15) is 17.3 Å². The van der Waals surface area contributed by atoms with E-state index in [2.05, 4.69) is 0 Å². The molecule has 14 heavy (non-hydrogen) atoms. The van der Waals surface area contributed by atoms with E-state index in [0.29, 0.717) is 6.54 Å². The first kappa shape index (κ1) is 10.4. The van der Waals surface area contributed by atoms with E-state index in [4.69, 9.17) is 5.73 Å². The minimum atomic E-state index is -0.225. The number of carbonyl (C=O) groups is 1. The zero-order chi connectivity index (χ0) is 10.7. The summed E-state index contributed by atoms with van der Waals surface area (Å²) in [7, 11) is 1.67. The zero-order valence-corrected chi connectivity index (χ0v) is 8.32. The molecule has 1 aromatic rings. The number of nitrogen functional groups attached to an aromatic ring is 1. The molecule has 0 aliphatic carbocycles. The van der Waals surface area contributed by atoms with Crippen molar-refractivity contribution in [2.45, 2.75) is 6.92 Å². The van der Waals surface area contributed by atoms with Crippen LogP contribution in [0.25, 0.3) is 0 Å². The van der Waals surface area contributed by atoms with Crippen LogP contribution < -0.4 is 5.73 Å². The van der Waals surface area contributed by atoms with Gasteiger partial charge in [0.05, 0.1) is 11.3 Å². The van der Waals surface area contributed by atoms with Crippen LogP contribution in [0.15, 0.2) is 18.2 Å². The SMILES string of the molecule is CCN(C)C(=O)c1cccc(N)c1O. The first-order chi connectivity index (χ1) is 6.57. The number of nitrogens with zero attached hydrogens (tertiary/aromatic N) is 1. The van der Waals surface area contributed by atoms with Gasteiger partial charge in [-0.2, -0.15) is 0 Å². The maximum Gasteiger partial charge on any atom is 0.257 e. The first-order valence-corrected chi connectivity index (χ1v) is 4.40. The number of hydrogen-bond donors (Lipinski definition) is 2. The van der Waals surface area contributed by atoms with E-state index in [0.717, 1.165) is 0 Å². The fourth-order valence-electron chi connectivity index (χ4n) is 1.08. The molecule has 0 aliphatic rings. The molecule has 3 N–H and O–H groups in total. The second-order valence-electron chi connectivity index (χ2n) is 3.06. The van der Waals surface area contributed by atoms with Crippen molar-refractivity contribution in [3.05, 3.63) is 23.8 Å². The van der Waals surface area contributed by atoms with Gasteiger partial charge in [0.25, 0.3) is 5.91 Å². The van der Waals surface area contributed by atoms with E-state index in [9.17, 15) is 9.90 Å². The van der Waals surface area contributed by atoms with Gasteiger partial charge in [0.1, 0.15) is 0 Å². The Hall–Kier alpha value is -1.71. The molecule has 0 saturated heterocycles. The lowest BCUT2D eigenvalue weighted by Crippen LogP contribution is -2.26. The summed E-state index contributed by atoms with van der Waals surface area (Å²) < 4.78 is 0. The zero-order valence-electron chi connectivity index (χ0n) is 8.32. The van der Waals surface area contributed by atoms with Crippen molar-refractivity contribution in [2.75, 3.05) is 19.3 Å². The number of para-hydroxylation sites is 1. The molecule has 4 heteroatoms. The molecule has 76 valence electrons. The van der Waals surface area contributed by atoms with Gasteiger partial charge >= 0.3 is 0 Å². The Morgan fingerprint density at radius 1 is 1.57 bits per heavy atom. The molecule has 0 atom stereocenters. The number of phenols is 1. The average molecular weight is 194 g/mol. The van der Waals surface area contributed by atoms with Crippen LogP contribution in [-0.4, -0.2) is 29.5 Å². The predicted molar refractivity (Wildman–Crippen MR) is 55.2 cm³/mol. The summed E-state index contributed by atoms with van der Waals surface area (Å²) in [6.45, 7) is 2.45. The highest BCUT2D eigenvalue weighted by atomic mass is 16.3. The van der Waals surface area contributed by atoms with Crippen LogP contribution >= 0.6 is 0 Å². The number of benzene rings is 1. The summed E-state index contributed by atoms with van der Waals surface area (Å²) >= 11 is 0. The van der Waals surface area contributed by atoms with Gasteiger partial charge < -0.3 is 15.7 Å². The number of phenolic OH excluding ortho intramolecular Hbond substituents is 1. The van der Waals surface area contributed by atoms with Crippen LogP contribution in [0.2, 0.25) is 0 Å². The van der Waals surface area contributed by atoms with Gasteiger partial charge in [0.15, 0.2) is 5.75 Å². The van der Waals surface area contributed by atoms with Crippen LogP contribution in [0.5, 0.6) is 5.75 Å². The van der Waals surface area contributed by atoms with Crippen molar-refractivity contribution in [1.82, 2.24) is 4.90 Å². The summed E-state index contributed by atoms with van der Waals surface area (Å²) in [6, 6.07) is 4.75. The number of carbonyl (C=O) groups excluding carboxylic acids is 1. The molecule has 0 radical (unpaired) electrons. The Balaban J connectivity index is 3.07. The van der Waals surface area contributed by atoms with Crippen molar-refractivity contribution in [3.8, 4) is 5.75 Å². The molecule has 1 amide bonds. The van der Waals surface area contributed by atoms with Gasteiger partial charge in [0.2, 0.25) is 0 Å². The first-order valence-electron chi connectivity index (χ1n) is 4.40. The van der Waals surface area contributed by atoms with Crippen molar-refractivity contribution in [1.29, 1.82) is 0 Å². The molecule has 0 bridgehead atoms. The number of anilines is 1. The third-order valence-corrected chi connectivity index (χ3v) is 2.12. The predicted octanol–water partition coefficient (Wildman–Crippen LogP) is 1.07. The summed E-state index contributed by atoms with van der Waals surface area (Å²) in [6.07, 6.45) is 0. The van der Waals surface area contributed by atoms with Gasteiger partial charge in [-0.15, -0.1) is 0 Å². The molecule has 1 aromatic carbocycles. The molecule has 4 nitrogen and oxygen atoms in total. The fraction of sp³-hybridized carbons (Fsp3) is 0.300. The van der Waals surface area contributed by atoms with E-state index >= 15 is 0 Å². The number of aromatic hydroxyl groups is 1. The topological polar surface area (TPSA) is 66.6 Å². The van der Waals surface area contributed by atoms with Crippen LogP contribution in [-0.2, 0) is 0 Å². The Labute approximate surface area is 82.9 Å². The molecule has 0 unspecified atom stereocenters. The highest BCUT2D eigenvalue weighted by molar-refractivity contribution is 5.98. The average Bonchev–Trinajstić information content (AvgIpc) is 2.20. The number of rotatable bonds is 2. The summed E-state index contributed by atoms with van der Waals surface area (Å²) in [5, 5.41) is 9.54. The van der Waals surface area contributed by atoms with E-state index in [1.165, 1.54) is 4.90 Å². The van der Waals surface area contributed by atoms with Crippen LogP contribution in [0.4, 0.5) is 5.69 Å². The minimum absolute atomic E-state index is 0.141. The summed E-state index contributed by atoms with van der Waals surface area (Å²) in [4.78, 5) is 13.2. The molecule has 0 heterocycles. The van der Waals surface area contributed by atoms with E-state index in [1.807, 2.05) is 6.92 Å². The van der Waals surface area contributed by atoms with Gasteiger partial charge in [0, 0.05) is 13.6 Å². The molecule has 1 rings (SSSR count). The van der Waals surface area contributed by atoms with Gasteiger partial charge in [-0.05, 0) is 19.1 Å². The highest BCUT2D eigenvalue weighted by Crippen LogP contribution is 2.25. The lowest BCUT2D eigenvalue weighted by atomic mass is 10.1. The van der Waals surface area contributed by atoms with E-state index in [-0.39, 0.29) is 22.9 Å². The van der Waals surface area contributed by atoms with E-state index < -0.39 is 0 Å². The Kier molecular flexibility index (Phi) is 2.96. The van der Waals surface area contributed by atoms with Crippen molar-refractivity contribution in [2.24, 2.45) is 0 Å². The maximum absolute atomic E-state index is 11.7. The quantitative estimate of drug-likeness (QED) is 0.546. The smallest absolute Gasteiger partial charge is 0.257 e. The van der Waals surface area contributed by atoms with Gasteiger partial charge in [-0.3, -0.25) is 4.79 Å². The molecule has 0 aromatic heterocycles. The standard InChI is InChI=1S/C10H14N2O2/c1-3-12(2)10(14)7-5-4-6-8(11)9(7)13/h4-6,13H,3,11H2,1-2H3. The monoisotopic (exact) mass is 194 g/mol. The Morgan fingerprint density at radius 2 is 2.21 bits per heavy atom. The minimum Gasteiger partial charge on any atom is -0.505 e. The largest absolute Gasteiger partial charge is 0.505 e. The van der Waals surface area contributed by atoms with Crippen molar-refractivity contribution < 1.29 is 9.90 Å². The highest BCUT2D eigenvalue weighted by Gasteiger charge is 2.15. The molecule has 0 fully saturated rings. The Morgan fingerprint density at radius 3 is 2.79 bits per heavy atom. The lowest BCUT2D eigenvalue weighted by Gasteiger charge is -2.15. The maximum atomic E-state index is 11.7. The third-order valence-electron chi connectivity index (χ3n) is 2.12. The van der Waals surface area contributed by atoms with Crippen molar-refractivity contribution >= 4 is 11.6 Å². The second kappa shape index (κ2) is 4.00. The van der Waals surface area contributed by atoms with Crippen LogP contribution in [0.3, 0.4) is 0 Å².